The van der Waals surface area contributed by atoms with Crippen LogP contribution >= 0.6 is 23.2 Å². The third-order valence-electron chi connectivity index (χ3n) is 1.72. The minimum Gasteiger partial charge on any atom is -0.227 e. The summed E-state index contributed by atoms with van der Waals surface area (Å²) in [6.45, 7) is 1.75. The van der Waals surface area contributed by atoms with Gasteiger partial charge in [-0.3, -0.25) is 0 Å². The first kappa shape index (κ1) is 8.62. The summed E-state index contributed by atoms with van der Waals surface area (Å²) in [6.07, 6.45) is 0. The Bertz CT molecular complexity index is 224. The standard InChI is InChI=1S/C5H8Cl2O2S/c1-3-4(6)2-10(8,9)5(3)7/h3-5H,2H2,1H3/t3-,4+,5-/m0/s1. The van der Waals surface area contributed by atoms with Gasteiger partial charge in [0.1, 0.15) is 4.71 Å². The first-order valence-corrected chi connectivity index (χ1v) is 5.53. The number of hydrogen-bond acceptors (Lipinski definition) is 2. The Morgan fingerprint density at radius 1 is 1.40 bits per heavy atom. The van der Waals surface area contributed by atoms with Crippen molar-refractivity contribution in [1.29, 1.82) is 0 Å². The number of rotatable bonds is 0. The van der Waals surface area contributed by atoms with E-state index >= 15 is 0 Å². The van der Waals surface area contributed by atoms with E-state index in [0.29, 0.717) is 0 Å². The third kappa shape index (κ3) is 1.27. The smallest absolute Gasteiger partial charge is 0.168 e. The van der Waals surface area contributed by atoms with E-state index in [4.69, 9.17) is 23.2 Å². The van der Waals surface area contributed by atoms with Crippen molar-refractivity contribution in [2.24, 2.45) is 5.92 Å². The summed E-state index contributed by atoms with van der Waals surface area (Å²) < 4.78 is 21.1. The molecule has 0 spiro atoms. The Balaban J connectivity index is 2.93. The van der Waals surface area contributed by atoms with Gasteiger partial charge in [-0.05, 0) is 0 Å². The van der Waals surface area contributed by atoms with Crippen LogP contribution in [0.4, 0.5) is 0 Å². The summed E-state index contributed by atoms with van der Waals surface area (Å²) in [5.41, 5.74) is 0. The highest BCUT2D eigenvalue weighted by Crippen LogP contribution is 2.32. The van der Waals surface area contributed by atoms with Crippen LogP contribution in [0.15, 0.2) is 0 Å². The van der Waals surface area contributed by atoms with E-state index in [1.165, 1.54) is 0 Å². The SMILES string of the molecule is C[C@H]1[C@H](Cl)CS(=O)(=O)[C@@H]1Cl. The van der Waals surface area contributed by atoms with Crippen LogP contribution in [0, 0.1) is 5.92 Å². The molecule has 0 aromatic rings. The highest BCUT2D eigenvalue weighted by atomic mass is 35.5. The second kappa shape index (κ2) is 2.54. The Morgan fingerprint density at radius 2 is 1.90 bits per heavy atom. The van der Waals surface area contributed by atoms with Crippen molar-refractivity contribution in [3.05, 3.63) is 0 Å². The lowest BCUT2D eigenvalue weighted by Crippen LogP contribution is -2.14. The van der Waals surface area contributed by atoms with Crippen LogP contribution in [-0.2, 0) is 9.84 Å². The highest BCUT2D eigenvalue weighted by molar-refractivity contribution is 7.93. The Kier molecular flexibility index (Phi) is 2.19. The van der Waals surface area contributed by atoms with Gasteiger partial charge in [0.2, 0.25) is 0 Å². The minimum atomic E-state index is -3.09. The van der Waals surface area contributed by atoms with Gasteiger partial charge in [0.05, 0.1) is 11.1 Å². The maximum atomic E-state index is 11.0. The highest BCUT2D eigenvalue weighted by Gasteiger charge is 2.42. The number of hydrogen-bond donors (Lipinski definition) is 0. The summed E-state index contributed by atoms with van der Waals surface area (Å²) >= 11 is 11.3. The lowest BCUT2D eigenvalue weighted by Gasteiger charge is -2.06. The molecule has 1 rings (SSSR count). The van der Waals surface area contributed by atoms with Gasteiger partial charge in [-0.25, -0.2) is 8.42 Å². The molecule has 1 heterocycles. The maximum absolute atomic E-state index is 11.0. The predicted molar refractivity (Wildman–Crippen MR) is 42.2 cm³/mol. The maximum Gasteiger partial charge on any atom is 0.168 e. The molecule has 0 radical (unpaired) electrons. The van der Waals surface area contributed by atoms with Crippen LogP contribution in [0.25, 0.3) is 0 Å². The van der Waals surface area contributed by atoms with Gasteiger partial charge in [-0.1, -0.05) is 6.92 Å². The summed E-state index contributed by atoms with van der Waals surface area (Å²) in [5, 5.41) is -0.313. The molecule has 60 valence electrons. The average molecular weight is 203 g/mol. The zero-order valence-electron chi connectivity index (χ0n) is 5.42. The van der Waals surface area contributed by atoms with E-state index in [0.717, 1.165) is 0 Å². The first-order chi connectivity index (χ1) is 4.45. The van der Waals surface area contributed by atoms with Crippen LogP contribution in [0.2, 0.25) is 0 Å². The van der Waals surface area contributed by atoms with Gasteiger partial charge < -0.3 is 0 Å². The van der Waals surface area contributed by atoms with Crippen molar-refractivity contribution in [2.45, 2.75) is 17.0 Å². The van der Waals surface area contributed by atoms with Crippen LogP contribution < -0.4 is 0 Å². The molecule has 10 heavy (non-hydrogen) atoms. The largest absolute Gasteiger partial charge is 0.227 e. The average Bonchev–Trinajstić information content (AvgIpc) is 1.95. The third-order valence-corrected chi connectivity index (χ3v) is 5.60. The Hall–Kier alpha value is 0.530. The van der Waals surface area contributed by atoms with Crippen molar-refractivity contribution in [1.82, 2.24) is 0 Å². The summed E-state index contributed by atoms with van der Waals surface area (Å²) in [5.74, 6) is -0.113. The fourth-order valence-corrected chi connectivity index (χ4v) is 3.96. The van der Waals surface area contributed by atoms with Gasteiger partial charge >= 0.3 is 0 Å². The Labute approximate surface area is 70.4 Å². The van der Waals surface area contributed by atoms with Gasteiger partial charge in [-0.15, -0.1) is 23.2 Å². The normalized spacial score (nSPS) is 45.7. The molecule has 1 aliphatic heterocycles. The molecular weight excluding hydrogens is 195 g/mol. The lowest BCUT2D eigenvalue weighted by molar-refractivity contribution is 0.592. The fraction of sp³-hybridized carbons (Fsp3) is 1.00. The fourth-order valence-electron chi connectivity index (χ4n) is 0.957. The van der Waals surface area contributed by atoms with Crippen LogP contribution in [0.3, 0.4) is 0 Å². The molecule has 2 nitrogen and oxygen atoms in total. The van der Waals surface area contributed by atoms with Gasteiger partial charge in [-0.2, -0.15) is 0 Å². The topological polar surface area (TPSA) is 34.1 Å². The van der Waals surface area contributed by atoms with E-state index in [1.54, 1.807) is 6.92 Å². The molecule has 1 saturated heterocycles. The van der Waals surface area contributed by atoms with Crippen molar-refractivity contribution in [3.63, 3.8) is 0 Å². The van der Waals surface area contributed by atoms with Gasteiger partial charge in [0, 0.05) is 5.92 Å². The number of sulfone groups is 1. The molecule has 0 aromatic heterocycles. The van der Waals surface area contributed by atoms with Crippen LogP contribution in [0.1, 0.15) is 6.92 Å². The number of alkyl halides is 2. The summed E-state index contributed by atoms with van der Waals surface area (Å²) in [4.78, 5) is 0. The van der Waals surface area contributed by atoms with E-state index in [1.807, 2.05) is 0 Å². The van der Waals surface area contributed by atoms with Crippen LogP contribution in [0.5, 0.6) is 0 Å². The van der Waals surface area contributed by atoms with E-state index in [9.17, 15) is 8.42 Å². The molecule has 0 aromatic carbocycles. The predicted octanol–water partition coefficient (Wildman–Crippen LogP) is 1.22. The second-order valence-electron chi connectivity index (χ2n) is 2.56. The molecule has 0 bridgehead atoms. The monoisotopic (exact) mass is 202 g/mol. The molecule has 3 atom stereocenters. The molecule has 1 aliphatic rings. The first-order valence-electron chi connectivity index (χ1n) is 2.95. The summed E-state index contributed by atoms with van der Waals surface area (Å²) in [6, 6.07) is 0. The zero-order chi connectivity index (χ0) is 7.94. The van der Waals surface area contributed by atoms with Gasteiger partial charge in [0.25, 0.3) is 0 Å². The lowest BCUT2D eigenvalue weighted by atomic mass is 10.1. The minimum absolute atomic E-state index is 0.0177. The number of halogens is 2. The summed E-state index contributed by atoms with van der Waals surface area (Å²) in [7, 11) is -3.09. The zero-order valence-corrected chi connectivity index (χ0v) is 7.75. The molecule has 5 heteroatoms. The van der Waals surface area contributed by atoms with E-state index < -0.39 is 14.5 Å². The molecule has 0 amide bonds. The van der Waals surface area contributed by atoms with Crippen LogP contribution in [-0.4, -0.2) is 24.3 Å². The quantitative estimate of drug-likeness (QED) is 0.555. The molecule has 0 saturated carbocycles. The molecule has 1 fully saturated rings. The Morgan fingerprint density at radius 3 is 2.00 bits per heavy atom. The van der Waals surface area contributed by atoms with Gasteiger partial charge in [0.15, 0.2) is 9.84 Å². The molecule has 0 aliphatic carbocycles. The van der Waals surface area contributed by atoms with Crippen molar-refractivity contribution in [3.8, 4) is 0 Å². The molecule has 0 unspecified atom stereocenters. The van der Waals surface area contributed by atoms with Crippen molar-refractivity contribution >= 4 is 33.0 Å². The molecular formula is C5H8Cl2O2S. The van der Waals surface area contributed by atoms with E-state index in [-0.39, 0.29) is 17.0 Å². The van der Waals surface area contributed by atoms with Crippen molar-refractivity contribution in [2.75, 3.05) is 5.75 Å². The van der Waals surface area contributed by atoms with Crippen molar-refractivity contribution < 1.29 is 8.42 Å². The molecule has 0 N–H and O–H groups in total. The second-order valence-corrected chi connectivity index (χ2v) is 6.01. The van der Waals surface area contributed by atoms with E-state index in [2.05, 4.69) is 0 Å².